The molecule has 0 spiro atoms. The van der Waals surface area contributed by atoms with Gasteiger partial charge in [-0.2, -0.15) is 0 Å². The van der Waals surface area contributed by atoms with Crippen molar-refractivity contribution in [2.75, 3.05) is 5.32 Å². The molecule has 2 aliphatic rings. The molecular formula is C23H19ClN2O3. The Labute approximate surface area is 173 Å². The maximum atomic E-state index is 13.4. The summed E-state index contributed by atoms with van der Waals surface area (Å²) in [6.07, 6.45) is 1.10. The molecule has 0 bridgehead atoms. The van der Waals surface area contributed by atoms with E-state index in [-0.39, 0.29) is 23.4 Å². The lowest BCUT2D eigenvalue weighted by atomic mass is 9.72. The normalized spacial score (nSPS) is 20.8. The van der Waals surface area contributed by atoms with Crippen molar-refractivity contribution in [1.82, 2.24) is 5.16 Å². The van der Waals surface area contributed by atoms with Crippen LogP contribution in [0.15, 0.2) is 64.3 Å². The summed E-state index contributed by atoms with van der Waals surface area (Å²) in [5.41, 5.74) is 5.27. The third kappa shape index (κ3) is 3.02. The monoisotopic (exact) mass is 406 g/mol. The fraction of sp³-hybridized carbons (Fsp3) is 0.217. The van der Waals surface area contributed by atoms with Gasteiger partial charge in [-0.05, 0) is 54.7 Å². The molecule has 0 fully saturated rings. The number of carbonyl (C=O) groups is 1. The number of anilines is 1. The molecule has 0 saturated carbocycles. The van der Waals surface area contributed by atoms with E-state index < -0.39 is 0 Å². The molecule has 2 heterocycles. The molecule has 0 radical (unpaired) electrons. The predicted octanol–water partition coefficient (Wildman–Crippen LogP) is 5.30. The predicted molar refractivity (Wildman–Crippen MR) is 110 cm³/mol. The Balaban J connectivity index is 1.62. The van der Waals surface area contributed by atoms with Crippen LogP contribution in [0.5, 0.6) is 5.75 Å². The largest absolute Gasteiger partial charge is 0.508 e. The molecule has 146 valence electrons. The molecule has 1 aromatic heterocycles. The van der Waals surface area contributed by atoms with Crippen LogP contribution >= 0.6 is 11.6 Å². The molecular weight excluding hydrogens is 388 g/mol. The molecule has 0 unspecified atom stereocenters. The number of ketones is 1. The number of aromatic nitrogens is 1. The van der Waals surface area contributed by atoms with Crippen LogP contribution in [-0.2, 0) is 4.79 Å². The van der Waals surface area contributed by atoms with Crippen LogP contribution in [0.1, 0.15) is 47.1 Å². The number of nitrogens with one attached hydrogen (secondary N) is 1. The van der Waals surface area contributed by atoms with Gasteiger partial charge >= 0.3 is 0 Å². The Hall–Kier alpha value is -3.05. The number of hydrogen-bond acceptors (Lipinski definition) is 5. The van der Waals surface area contributed by atoms with Gasteiger partial charge < -0.3 is 14.9 Å². The standard InChI is InChI=1S/C23H19ClN2O3/c1-12-20-21(14-3-2-4-16(24)9-14)22-18(25-23(20)29-26-12)10-15(11-19(22)28)13-5-7-17(27)8-6-13/h2-9,15,21,25,27H,10-11H2,1H3/t15-,21+/m1/s1. The first-order chi connectivity index (χ1) is 14.0. The van der Waals surface area contributed by atoms with E-state index in [0.29, 0.717) is 23.7 Å². The molecule has 6 heteroatoms. The number of allylic oxidation sites excluding steroid dienone is 2. The lowest BCUT2D eigenvalue weighted by Crippen LogP contribution is -2.29. The number of benzene rings is 2. The lowest BCUT2D eigenvalue weighted by Gasteiger charge is -2.34. The molecule has 1 aliphatic carbocycles. The lowest BCUT2D eigenvalue weighted by molar-refractivity contribution is -0.116. The number of phenols is 1. The van der Waals surface area contributed by atoms with Crippen LogP contribution in [0.4, 0.5) is 5.88 Å². The average molecular weight is 407 g/mol. The van der Waals surface area contributed by atoms with E-state index in [9.17, 15) is 9.90 Å². The van der Waals surface area contributed by atoms with Crippen molar-refractivity contribution >= 4 is 23.3 Å². The molecule has 5 rings (SSSR count). The van der Waals surface area contributed by atoms with E-state index in [4.69, 9.17) is 16.1 Å². The van der Waals surface area contributed by atoms with Crippen molar-refractivity contribution in [3.63, 3.8) is 0 Å². The Morgan fingerprint density at radius 2 is 1.93 bits per heavy atom. The summed E-state index contributed by atoms with van der Waals surface area (Å²) in [6, 6.07) is 14.7. The summed E-state index contributed by atoms with van der Waals surface area (Å²) in [4.78, 5) is 13.4. The molecule has 3 aromatic rings. The molecule has 0 amide bonds. The average Bonchev–Trinajstić information content (AvgIpc) is 3.07. The van der Waals surface area contributed by atoms with E-state index in [1.165, 1.54) is 0 Å². The minimum absolute atomic E-state index is 0.0416. The second kappa shape index (κ2) is 6.78. The maximum Gasteiger partial charge on any atom is 0.233 e. The van der Waals surface area contributed by atoms with Crippen molar-refractivity contribution in [2.45, 2.75) is 31.6 Å². The van der Waals surface area contributed by atoms with Crippen molar-refractivity contribution in [1.29, 1.82) is 0 Å². The number of carbonyl (C=O) groups excluding carboxylic acids is 1. The fourth-order valence-corrected chi connectivity index (χ4v) is 4.67. The summed E-state index contributed by atoms with van der Waals surface area (Å²) >= 11 is 6.26. The van der Waals surface area contributed by atoms with Gasteiger partial charge in [0.05, 0.1) is 11.3 Å². The number of aromatic hydroxyl groups is 1. The highest BCUT2D eigenvalue weighted by Gasteiger charge is 2.41. The Morgan fingerprint density at radius 1 is 1.14 bits per heavy atom. The van der Waals surface area contributed by atoms with E-state index in [2.05, 4.69) is 10.5 Å². The van der Waals surface area contributed by atoms with Gasteiger partial charge in [-0.15, -0.1) is 0 Å². The second-order valence-electron chi connectivity index (χ2n) is 7.64. The van der Waals surface area contributed by atoms with Crippen LogP contribution in [0, 0.1) is 6.92 Å². The third-order valence-electron chi connectivity index (χ3n) is 5.80. The van der Waals surface area contributed by atoms with Crippen molar-refractivity contribution in [3.8, 4) is 5.75 Å². The second-order valence-corrected chi connectivity index (χ2v) is 8.07. The van der Waals surface area contributed by atoms with Crippen molar-refractivity contribution in [3.05, 3.63) is 87.2 Å². The molecule has 2 atom stereocenters. The highest BCUT2D eigenvalue weighted by molar-refractivity contribution is 6.30. The van der Waals surface area contributed by atoms with Crippen LogP contribution in [-0.4, -0.2) is 16.0 Å². The highest BCUT2D eigenvalue weighted by Crippen LogP contribution is 2.49. The Kier molecular flexibility index (Phi) is 4.21. The fourth-order valence-electron chi connectivity index (χ4n) is 4.47. The van der Waals surface area contributed by atoms with Gasteiger partial charge in [-0.1, -0.05) is 41.0 Å². The number of halogens is 1. The summed E-state index contributed by atoms with van der Waals surface area (Å²) in [5.74, 6) is 0.701. The third-order valence-corrected chi connectivity index (χ3v) is 6.04. The number of Topliss-reactive ketones (excluding diaryl/α,β-unsaturated/α-hetero) is 1. The Bertz CT molecular complexity index is 1150. The van der Waals surface area contributed by atoms with E-state index in [1.807, 2.05) is 43.3 Å². The summed E-state index contributed by atoms with van der Waals surface area (Å²) in [5, 5.41) is 17.7. The van der Waals surface area contributed by atoms with Crippen LogP contribution in [0.2, 0.25) is 5.02 Å². The van der Waals surface area contributed by atoms with Crippen LogP contribution < -0.4 is 5.32 Å². The molecule has 0 saturated heterocycles. The van der Waals surface area contributed by atoms with Crippen LogP contribution in [0.25, 0.3) is 0 Å². The van der Waals surface area contributed by atoms with Crippen molar-refractivity contribution < 1.29 is 14.4 Å². The minimum atomic E-state index is -0.250. The topological polar surface area (TPSA) is 75.4 Å². The first kappa shape index (κ1) is 18.0. The van der Waals surface area contributed by atoms with Gasteiger partial charge in [-0.3, -0.25) is 4.79 Å². The smallest absolute Gasteiger partial charge is 0.233 e. The van der Waals surface area contributed by atoms with E-state index >= 15 is 0 Å². The number of nitrogens with zero attached hydrogens (tertiary/aromatic N) is 1. The van der Waals surface area contributed by atoms with Gasteiger partial charge in [-0.25, -0.2) is 0 Å². The molecule has 2 aromatic carbocycles. The van der Waals surface area contributed by atoms with Gasteiger partial charge in [0.1, 0.15) is 5.75 Å². The first-order valence-corrected chi connectivity index (χ1v) is 9.93. The number of aryl methyl sites for hydroxylation is 1. The summed E-state index contributed by atoms with van der Waals surface area (Å²) in [7, 11) is 0. The van der Waals surface area contributed by atoms with Crippen molar-refractivity contribution in [2.24, 2.45) is 0 Å². The van der Waals surface area contributed by atoms with Gasteiger partial charge in [0.15, 0.2) is 5.78 Å². The zero-order valence-corrected chi connectivity index (χ0v) is 16.5. The number of fused-ring (bicyclic) bond motifs is 1. The summed E-state index contributed by atoms with van der Waals surface area (Å²) in [6.45, 7) is 1.89. The van der Waals surface area contributed by atoms with Gasteiger partial charge in [0, 0.05) is 28.6 Å². The maximum absolute atomic E-state index is 13.4. The molecule has 1 aliphatic heterocycles. The van der Waals surface area contributed by atoms with E-state index in [0.717, 1.165) is 33.7 Å². The number of rotatable bonds is 2. The number of phenolic OH excluding ortho intramolecular Hbond substituents is 1. The first-order valence-electron chi connectivity index (χ1n) is 9.55. The molecule has 5 nitrogen and oxygen atoms in total. The zero-order valence-electron chi connectivity index (χ0n) is 15.8. The molecule has 29 heavy (non-hydrogen) atoms. The van der Waals surface area contributed by atoms with Gasteiger partial charge in [0.25, 0.3) is 0 Å². The zero-order chi connectivity index (χ0) is 20.1. The SMILES string of the molecule is Cc1noc2c1[C@H](c1cccc(Cl)c1)C1=C(C[C@@H](c3ccc(O)cc3)CC1=O)N2. The number of hydrogen-bond donors (Lipinski definition) is 2. The Morgan fingerprint density at radius 3 is 2.69 bits per heavy atom. The van der Waals surface area contributed by atoms with E-state index in [1.54, 1.807) is 12.1 Å². The minimum Gasteiger partial charge on any atom is -0.508 e. The quantitative estimate of drug-likeness (QED) is 0.604. The summed E-state index contributed by atoms with van der Waals surface area (Å²) < 4.78 is 5.54. The highest BCUT2D eigenvalue weighted by atomic mass is 35.5. The van der Waals surface area contributed by atoms with Gasteiger partial charge in [0.2, 0.25) is 5.88 Å². The molecule has 2 N–H and O–H groups in total. The van der Waals surface area contributed by atoms with Crippen LogP contribution in [0.3, 0.4) is 0 Å².